The Kier molecular flexibility index (Phi) is 5.16. The fraction of sp³-hybridized carbons (Fsp3) is 0.176. The molecule has 0 spiro atoms. The summed E-state index contributed by atoms with van der Waals surface area (Å²) in [6.45, 7) is -1.19. The summed E-state index contributed by atoms with van der Waals surface area (Å²) >= 11 is 0. The van der Waals surface area contributed by atoms with Gasteiger partial charge in [-0.1, -0.05) is 12.1 Å². The van der Waals surface area contributed by atoms with Crippen LogP contribution in [0.15, 0.2) is 54.9 Å². The largest absolute Gasteiger partial charge is 0.454 e. The Labute approximate surface area is 147 Å². The molecule has 3 aromatic rings. The van der Waals surface area contributed by atoms with E-state index in [0.717, 1.165) is 11.3 Å². The highest BCUT2D eigenvalue weighted by molar-refractivity contribution is 5.89. The summed E-state index contributed by atoms with van der Waals surface area (Å²) in [6.07, 6.45) is 0.926. The lowest BCUT2D eigenvalue weighted by molar-refractivity contribution is -0.0498. The van der Waals surface area contributed by atoms with Crippen molar-refractivity contribution in [1.82, 2.24) is 20.2 Å². The van der Waals surface area contributed by atoms with Crippen molar-refractivity contribution in [3.05, 3.63) is 66.0 Å². The average Bonchev–Trinajstić information content (AvgIpc) is 3.16. The van der Waals surface area contributed by atoms with E-state index in [1.165, 1.54) is 35.3 Å². The van der Waals surface area contributed by atoms with Gasteiger partial charge in [-0.15, -0.1) is 5.10 Å². The van der Waals surface area contributed by atoms with Crippen molar-refractivity contribution in [2.24, 2.45) is 0 Å². The van der Waals surface area contributed by atoms with Crippen LogP contribution in [0.25, 0.3) is 5.69 Å². The highest BCUT2D eigenvalue weighted by Crippen LogP contribution is 2.22. The molecule has 26 heavy (non-hydrogen) atoms. The number of halogens is 2. The summed E-state index contributed by atoms with van der Waals surface area (Å²) in [6, 6.07) is 12.5. The van der Waals surface area contributed by atoms with E-state index in [1.807, 2.05) is 12.1 Å². The third kappa shape index (κ3) is 4.18. The first kappa shape index (κ1) is 17.5. The molecule has 0 amide bonds. The van der Waals surface area contributed by atoms with Crippen LogP contribution >= 0.6 is 0 Å². The maximum absolute atomic E-state index is 12.2. The summed E-state index contributed by atoms with van der Waals surface area (Å²) < 4.78 is 35.4. The van der Waals surface area contributed by atoms with Crippen LogP contribution in [0.2, 0.25) is 0 Å². The maximum Gasteiger partial charge on any atom is 0.387 e. The highest BCUT2D eigenvalue weighted by atomic mass is 19.3. The molecule has 3 rings (SSSR count). The van der Waals surface area contributed by atoms with Crippen LogP contribution in [0.5, 0.6) is 5.75 Å². The highest BCUT2D eigenvalue weighted by Gasteiger charge is 2.15. The van der Waals surface area contributed by atoms with Gasteiger partial charge in [-0.2, -0.15) is 8.78 Å². The molecule has 0 bridgehead atoms. The molecule has 134 valence electrons. The van der Waals surface area contributed by atoms with Gasteiger partial charge in [0, 0.05) is 0 Å². The standard InChI is InChI=1S/C17H14F2N4O3/c1-11(13-3-2-4-14(9-13)23-10-20-21-22-23)25-16(24)12-5-7-15(8-6-12)26-17(18)19/h2-11,17H,1H3/t11-/m0/s1. The molecular formula is C17H14F2N4O3. The van der Waals surface area contributed by atoms with Gasteiger partial charge < -0.3 is 9.47 Å². The lowest BCUT2D eigenvalue weighted by atomic mass is 10.1. The first-order chi connectivity index (χ1) is 12.5. The van der Waals surface area contributed by atoms with Crippen LogP contribution in [-0.2, 0) is 4.74 Å². The molecule has 9 heteroatoms. The number of esters is 1. The normalized spacial score (nSPS) is 12.0. The number of carbonyl (C=O) groups excluding carboxylic acids is 1. The van der Waals surface area contributed by atoms with E-state index in [2.05, 4.69) is 20.3 Å². The molecule has 1 heterocycles. The lowest BCUT2D eigenvalue weighted by Crippen LogP contribution is -2.10. The fourth-order valence-electron chi connectivity index (χ4n) is 2.27. The summed E-state index contributed by atoms with van der Waals surface area (Å²) in [4.78, 5) is 12.2. The number of benzene rings is 2. The molecule has 0 aliphatic heterocycles. The number of rotatable bonds is 6. The van der Waals surface area contributed by atoms with E-state index < -0.39 is 18.7 Å². The quantitative estimate of drug-likeness (QED) is 0.628. The molecule has 1 aromatic heterocycles. The number of aromatic nitrogens is 4. The second kappa shape index (κ2) is 7.68. The minimum Gasteiger partial charge on any atom is -0.454 e. The van der Waals surface area contributed by atoms with Crippen molar-refractivity contribution in [2.45, 2.75) is 19.6 Å². The minimum atomic E-state index is -2.92. The van der Waals surface area contributed by atoms with E-state index in [0.29, 0.717) is 0 Å². The van der Waals surface area contributed by atoms with Crippen molar-refractivity contribution in [3.63, 3.8) is 0 Å². The number of hydrogen-bond donors (Lipinski definition) is 0. The Morgan fingerprint density at radius 3 is 2.58 bits per heavy atom. The van der Waals surface area contributed by atoms with Gasteiger partial charge in [0.1, 0.15) is 18.2 Å². The van der Waals surface area contributed by atoms with Gasteiger partial charge in [0.05, 0.1) is 11.3 Å². The molecule has 7 nitrogen and oxygen atoms in total. The Bertz CT molecular complexity index is 870. The number of hydrogen-bond acceptors (Lipinski definition) is 6. The van der Waals surface area contributed by atoms with E-state index in [9.17, 15) is 13.6 Å². The molecule has 2 aromatic carbocycles. The summed E-state index contributed by atoms with van der Waals surface area (Å²) in [7, 11) is 0. The van der Waals surface area contributed by atoms with Crippen LogP contribution in [0, 0.1) is 0 Å². The first-order valence-electron chi connectivity index (χ1n) is 7.62. The van der Waals surface area contributed by atoms with E-state index in [-0.39, 0.29) is 11.3 Å². The van der Waals surface area contributed by atoms with Gasteiger partial charge in [-0.3, -0.25) is 0 Å². The number of alkyl halides is 2. The summed E-state index contributed by atoms with van der Waals surface area (Å²) in [5, 5.41) is 11.0. The van der Waals surface area contributed by atoms with Crippen LogP contribution in [0.4, 0.5) is 8.78 Å². The Balaban J connectivity index is 1.68. The Morgan fingerprint density at radius 2 is 1.92 bits per heavy atom. The van der Waals surface area contributed by atoms with Crippen molar-refractivity contribution in [3.8, 4) is 11.4 Å². The zero-order chi connectivity index (χ0) is 18.5. The molecule has 0 unspecified atom stereocenters. The number of tetrazole rings is 1. The smallest absolute Gasteiger partial charge is 0.387 e. The fourth-order valence-corrected chi connectivity index (χ4v) is 2.27. The van der Waals surface area contributed by atoms with Crippen LogP contribution in [0.3, 0.4) is 0 Å². The molecule has 0 fully saturated rings. The van der Waals surface area contributed by atoms with Crippen LogP contribution in [0.1, 0.15) is 28.9 Å². The number of carbonyl (C=O) groups is 1. The predicted octanol–water partition coefficient (Wildman–Crippen LogP) is 3.18. The third-order valence-corrected chi connectivity index (χ3v) is 3.55. The van der Waals surface area contributed by atoms with Crippen LogP contribution in [-0.4, -0.2) is 32.8 Å². The van der Waals surface area contributed by atoms with Crippen LogP contribution < -0.4 is 4.74 Å². The third-order valence-electron chi connectivity index (χ3n) is 3.55. The monoisotopic (exact) mass is 360 g/mol. The molecule has 0 aliphatic rings. The van der Waals surface area contributed by atoms with Crippen molar-refractivity contribution < 1.29 is 23.0 Å². The van der Waals surface area contributed by atoms with Crippen molar-refractivity contribution in [2.75, 3.05) is 0 Å². The van der Waals surface area contributed by atoms with Gasteiger partial charge in [-0.05, 0) is 59.3 Å². The van der Waals surface area contributed by atoms with Gasteiger partial charge in [0.2, 0.25) is 0 Å². The molecule has 0 saturated carbocycles. The average molecular weight is 360 g/mol. The number of nitrogens with zero attached hydrogens (tertiary/aromatic N) is 4. The number of ether oxygens (including phenoxy) is 2. The Hall–Kier alpha value is -3.36. The molecule has 0 aliphatic carbocycles. The summed E-state index contributed by atoms with van der Waals surface area (Å²) in [5.41, 5.74) is 1.71. The first-order valence-corrected chi connectivity index (χ1v) is 7.62. The molecule has 0 saturated heterocycles. The molecular weight excluding hydrogens is 346 g/mol. The topological polar surface area (TPSA) is 79.1 Å². The summed E-state index contributed by atoms with van der Waals surface area (Å²) in [5.74, 6) is -0.604. The second-order valence-electron chi connectivity index (χ2n) is 5.30. The molecule has 0 N–H and O–H groups in total. The Morgan fingerprint density at radius 1 is 1.15 bits per heavy atom. The van der Waals surface area contributed by atoms with Gasteiger partial charge in [-0.25, -0.2) is 9.48 Å². The zero-order valence-electron chi connectivity index (χ0n) is 13.6. The van der Waals surface area contributed by atoms with Gasteiger partial charge in [0.15, 0.2) is 0 Å². The minimum absolute atomic E-state index is 0.0289. The van der Waals surface area contributed by atoms with Gasteiger partial charge >= 0.3 is 12.6 Å². The molecule has 0 radical (unpaired) electrons. The maximum atomic E-state index is 12.2. The van der Waals surface area contributed by atoms with E-state index in [4.69, 9.17) is 4.74 Å². The van der Waals surface area contributed by atoms with Gasteiger partial charge in [0.25, 0.3) is 0 Å². The van der Waals surface area contributed by atoms with Crippen molar-refractivity contribution in [1.29, 1.82) is 0 Å². The predicted molar refractivity (Wildman–Crippen MR) is 86.1 cm³/mol. The lowest BCUT2D eigenvalue weighted by Gasteiger charge is -2.15. The molecule has 1 atom stereocenters. The zero-order valence-corrected chi connectivity index (χ0v) is 13.6. The second-order valence-corrected chi connectivity index (χ2v) is 5.30. The van der Waals surface area contributed by atoms with E-state index in [1.54, 1.807) is 19.1 Å². The SMILES string of the molecule is C[C@H](OC(=O)c1ccc(OC(F)F)cc1)c1cccc(-n2cnnn2)c1. The van der Waals surface area contributed by atoms with Crippen molar-refractivity contribution >= 4 is 5.97 Å². The van der Waals surface area contributed by atoms with E-state index >= 15 is 0 Å².